The third kappa shape index (κ3) is 5.51. The number of hydrogen-bond donors (Lipinski definition) is 1. The van der Waals surface area contributed by atoms with Crippen molar-refractivity contribution in [3.63, 3.8) is 0 Å². The van der Waals surface area contributed by atoms with Gasteiger partial charge in [-0.2, -0.15) is 0 Å². The molecule has 0 saturated carbocycles. The van der Waals surface area contributed by atoms with E-state index in [2.05, 4.69) is 46.3 Å². The van der Waals surface area contributed by atoms with Crippen LogP contribution < -0.4 is 15.0 Å². The zero-order chi connectivity index (χ0) is 22.3. The standard InChI is InChI=1S/C26H31N3O3/c1-20-7-9-22(10-8-20)29-17-15-28(16-18-29)19-23-11-12-25(32-23)26(30)27-14-13-21-5-3-4-6-24(21)31-2/h3-12H,13-19H2,1-2H3,(H,27,30). The summed E-state index contributed by atoms with van der Waals surface area (Å²) in [6.07, 6.45) is 0.703. The second-order valence-electron chi connectivity index (χ2n) is 8.18. The minimum Gasteiger partial charge on any atom is -0.496 e. The summed E-state index contributed by atoms with van der Waals surface area (Å²) in [6, 6.07) is 20.2. The molecule has 1 amide bonds. The number of ether oxygens (including phenoxy) is 1. The molecule has 32 heavy (non-hydrogen) atoms. The van der Waals surface area contributed by atoms with Crippen LogP contribution in [0.3, 0.4) is 0 Å². The van der Waals surface area contributed by atoms with E-state index in [9.17, 15) is 4.79 Å². The van der Waals surface area contributed by atoms with Gasteiger partial charge in [0.15, 0.2) is 5.76 Å². The van der Waals surface area contributed by atoms with Gasteiger partial charge in [-0.15, -0.1) is 0 Å². The van der Waals surface area contributed by atoms with Gasteiger partial charge < -0.3 is 19.4 Å². The summed E-state index contributed by atoms with van der Waals surface area (Å²) in [4.78, 5) is 17.2. The Balaban J connectivity index is 1.23. The van der Waals surface area contributed by atoms with Gasteiger partial charge in [-0.05, 0) is 49.2 Å². The normalized spacial score (nSPS) is 14.4. The number of para-hydroxylation sites is 1. The van der Waals surface area contributed by atoms with E-state index in [1.54, 1.807) is 13.2 Å². The number of carbonyl (C=O) groups is 1. The molecule has 0 unspecified atom stereocenters. The summed E-state index contributed by atoms with van der Waals surface area (Å²) < 4.78 is 11.2. The maximum atomic E-state index is 12.5. The van der Waals surface area contributed by atoms with Crippen LogP contribution in [0.15, 0.2) is 65.1 Å². The molecule has 3 aromatic rings. The fourth-order valence-corrected chi connectivity index (χ4v) is 4.03. The fraction of sp³-hybridized carbons (Fsp3) is 0.346. The first kappa shape index (κ1) is 22.0. The number of carbonyl (C=O) groups excluding carboxylic acids is 1. The van der Waals surface area contributed by atoms with Crippen molar-refractivity contribution in [3.05, 3.63) is 83.3 Å². The van der Waals surface area contributed by atoms with E-state index in [1.165, 1.54) is 11.3 Å². The SMILES string of the molecule is COc1ccccc1CCNC(=O)c1ccc(CN2CCN(c3ccc(C)cc3)CC2)o1. The van der Waals surface area contributed by atoms with Crippen LogP contribution in [0.4, 0.5) is 5.69 Å². The Morgan fingerprint density at radius 3 is 2.50 bits per heavy atom. The lowest BCUT2D eigenvalue weighted by molar-refractivity contribution is 0.0922. The molecule has 6 heteroatoms. The van der Waals surface area contributed by atoms with Gasteiger partial charge in [-0.3, -0.25) is 9.69 Å². The molecule has 168 valence electrons. The van der Waals surface area contributed by atoms with Crippen LogP contribution in [-0.2, 0) is 13.0 Å². The van der Waals surface area contributed by atoms with Crippen LogP contribution in [0.1, 0.15) is 27.4 Å². The van der Waals surface area contributed by atoms with Crippen LogP contribution in [0, 0.1) is 6.92 Å². The zero-order valence-electron chi connectivity index (χ0n) is 18.8. The molecule has 4 rings (SSSR count). The molecule has 0 aliphatic carbocycles. The fourth-order valence-electron chi connectivity index (χ4n) is 4.03. The van der Waals surface area contributed by atoms with Gasteiger partial charge in [0.05, 0.1) is 13.7 Å². The van der Waals surface area contributed by atoms with Crippen LogP contribution >= 0.6 is 0 Å². The number of anilines is 1. The second kappa shape index (κ2) is 10.4. The summed E-state index contributed by atoms with van der Waals surface area (Å²) >= 11 is 0. The highest BCUT2D eigenvalue weighted by atomic mass is 16.5. The topological polar surface area (TPSA) is 58.0 Å². The average molecular weight is 434 g/mol. The Morgan fingerprint density at radius 2 is 1.75 bits per heavy atom. The van der Waals surface area contributed by atoms with E-state index < -0.39 is 0 Å². The van der Waals surface area contributed by atoms with E-state index in [1.807, 2.05) is 30.3 Å². The lowest BCUT2D eigenvalue weighted by atomic mass is 10.1. The monoisotopic (exact) mass is 433 g/mol. The predicted molar refractivity (Wildman–Crippen MR) is 126 cm³/mol. The van der Waals surface area contributed by atoms with E-state index in [-0.39, 0.29) is 5.91 Å². The van der Waals surface area contributed by atoms with E-state index in [0.717, 1.165) is 49.8 Å². The molecule has 1 saturated heterocycles. The molecule has 2 heterocycles. The molecule has 2 aromatic carbocycles. The van der Waals surface area contributed by atoms with Gasteiger partial charge in [0.25, 0.3) is 5.91 Å². The first-order valence-corrected chi connectivity index (χ1v) is 11.1. The summed E-state index contributed by atoms with van der Waals surface area (Å²) in [7, 11) is 1.66. The van der Waals surface area contributed by atoms with Gasteiger partial charge in [0.2, 0.25) is 0 Å². The number of benzene rings is 2. The number of piperazine rings is 1. The third-order valence-corrected chi connectivity index (χ3v) is 5.91. The molecule has 1 N–H and O–H groups in total. The summed E-state index contributed by atoms with van der Waals surface area (Å²) in [5.41, 5.74) is 3.63. The Hall–Kier alpha value is -3.25. The quantitative estimate of drug-likeness (QED) is 0.584. The van der Waals surface area contributed by atoms with E-state index >= 15 is 0 Å². The van der Waals surface area contributed by atoms with Gasteiger partial charge >= 0.3 is 0 Å². The van der Waals surface area contributed by atoms with Crippen molar-refractivity contribution in [2.45, 2.75) is 19.9 Å². The molecule has 6 nitrogen and oxygen atoms in total. The highest BCUT2D eigenvalue weighted by Gasteiger charge is 2.19. The van der Waals surface area contributed by atoms with Crippen LogP contribution in [-0.4, -0.2) is 50.6 Å². The number of amides is 1. The number of nitrogens with one attached hydrogen (secondary N) is 1. The molecule has 0 spiro atoms. The lowest BCUT2D eigenvalue weighted by Gasteiger charge is -2.35. The number of rotatable bonds is 8. The number of furan rings is 1. The molecular formula is C26H31N3O3. The summed E-state index contributed by atoms with van der Waals surface area (Å²) in [5.74, 6) is 1.84. The molecule has 1 aliphatic heterocycles. The summed E-state index contributed by atoms with van der Waals surface area (Å²) in [6.45, 7) is 7.26. The Labute approximate surface area is 189 Å². The molecule has 1 aromatic heterocycles. The largest absolute Gasteiger partial charge is 0.496 e. The maximum absolute atomic E-state index is 12.5. The number of hydrogen-bond acceptors (Lipinski definition) is 5. The van der Waals surface area contributed by atoms with Crippen LogP contribution in [0.25, 0.3) is 0 Å². The van der Waals surface area contributed by atoms with Crippen molar-refractivity contribution in [1.82, 2.24) is 10.2 Å². The molecule has 1 fully saturated rings. The zero-order valence-corrected chi connectivity index (χ0v) is 18.8. The summed E-state index contributed by atoms with van der Waals surface area (Å²) in [5, 5.41) is 2.94. The minimum absolute atomic E-state index is 0.185. The third-order valence-electron chi connectivity index (χ3n) is 5.91. The second-order valence-corrected chi connectivity index (χ2v) is 8.18. The van der Waals surface area contributed by atoms with Gasteiger partial charge in [-0.25, -0.2) is 0 Å². The molecule has 0 bridgehead atoms. The molecule has 0 atom stereocenters. The molecule has 0 radical (unpaired) electrons. The van der Waals surface area contributed by atoms with Gasteiger partial charge in [-0.1, -0.05) is 35.9 Å². The van der Waals surface area contributed by atoms with Crippen molar-refractivity contribution in [2.75, 3.05) is 44.7 Å². The van der Waals surface area contributed by atoms with Crippen molar-refractivity contribution in [1.29, 1.82) is 0 Å². The number of methoxy groups -OCH3 is 1. The lowest BCUT2D eigenvalue weighted by Crippen LogP contribution is -2.45. The number of aryl methyl sites for hydroxylation is 1. The van der Waals surface area contributed by atoms with E-state index in [4.69, 9.17) is 9.15 Å². The van der Waals surface area contributed by atoms with Crippen molar-refractivity contribution in [2.24, 2.45) is 0 Å². The predicted octanol–water partition coefficient (Wildman–Crippen LogP) is 3.89. The van der Waals surface area contributed by atoms with Crippen molar-refractivity contribution < 1.29 is 13.9 Å². The first-order chi connectivity index (χ1) is 15.6. The smallest absolute Gasteiger partial charge is 0.287 e. The molecule has 1 aliphatic rings. The van der Waals surface area contributed by atoms with Gasteiger partial charge in [0.1, 0.15) is 11.5 Å². The van der Waals surface area contributed by atoms with Crippen molar-refractivity contribution in [3.8, 4) is 5.75 Å². The minimum atomic E-state index is -0.185. The number of nitrogens with zero attached hydrogens (tertiary/aromatic N) is 2. The van der Waals surface area contributed by atoms with Gasteiger partial charge in [0, 0.05) is 38.4 Å². The first-order valence-electron chi connectivity index (χ1n) is 11.1. The average Bonchev–Trinajstić information content (AvgIpc) is 3.29. The molecular weight excluding hydrogens is 402 g/mol. The maximum Gasteiger partial charge on any atom is 0.287 e. The van der Waals surface area contributed by atoms with Crippen LogP contribution in [0.5, 0.6) is 5.75 Å². The Kier molecular flexibility index (Phi) is 7.12. The van der Waals surface area contributed by atoms with Crippen molar-refractivity contribution >= 4 is 11.6 Å². The highest BCUT2D eigenvalue weighted by Crippen LogP contribution is 2.19. The highest BCUT2D eigenvalue weighted by molar-refractivity contribution is 5.91. The van der Waals surface area contributed by atoms with E-state index in [0.29, 0.717) is 18.7 Å². The Bertz CT molecular complexity index is 1020. The Morgan fingerprint density at radius 1 is 1.00 bits per heavy atom. The van der Waals surface area contributed by atoms with Crippen LogP contribution in [0.2, 0.25) is 0 Å².